The van der Waals surface area contributed by atoms with Gasteiger partial charge in [-0.3, -0.25) is 24.0 Å². The fourth-order valence-electron chi connectivity index (χ4n) is 5.01. The minimum Gasteiger partial charge on any atom is -0.492 e. The van der Waals surface area contributed by atoms with E-state index >= 15 is 0 Å². The lowest BCUT2D eigenvalue weighted by Crippen LogP contribution is -2.59. The van der Waals surface area contributed by atoms with Crippen LogP contribution in [0.1, 0.15) is 47.1 Å². The van der Waals surface area contributed by atoms with E-state index in [0.717, 1.165) is 11.1 Å². The third-order valence-electron chi connectivity index (χ3n) is 7.90. The number of hydrogen-bond donors (Lipinski definition) is 5. The summed E-state index contributed by atoms with van der Waals surface area (Å²) in [4.78, 5) is 74.7. The SMILES string of the molecule is Cc1ncc(C(=O)N[C@H]2Cc3ccc(cc3)OCCNC(=O)C3(CC3)NC(=O)[C@@H](Cc3ccccc3)NC(=O)[C@H](C)NC2=O)cn1. The van der Waals surface area contributed by atoms with Gasteiger partial charge in [-0.1, -0.05) is 42.5 Å². The third-order valence-corrected chi connectivity index (χ3v) is 7.90. The van der Waals surface area contributed by atoms with Crippen molar-refractivity contribution in [1.29, 1.82) is 0 Å². The van der Waals surface area contributed by atoms with E-state index in [4.69, 9.17) is 4.74 Å². The molecule has 1 spiro atoms. The Morgan fingerprint density at radius 1 is 0.935 bits per heavy atom. The fraction of sp³-hybridized carbons (Fsp3) is 0.364. The monoisotopic (exact) mass is 627 g/mol. The molecule has 0 radical (unpaired) electrons. The van der Waals surface area contributed by atoms with E-state index in [9.17, 15) is 24.0 Å². The van der Waals surface area contributed by atoms with Crippen molar-refractivity contribution >= 4 is 29.5 Å². The number of nitrogens with one attached hydrogen (secondary N) is 5. The molecule has 1 aliphatic carbocycles. The van der Waals surface area contributed by atoms with Crippen LogP contribution in [0.4, 0.5) is 0 Å². The van der Waals surface area contributed by atoms with Gasteiger partial charge < -0.3 is 31.3 Å². The van der Waals surface area contributed by atoms with Gasteiger partial charge in [-0.15, -0.1) is 0 Å². The van der Waals surface area contributed by atoms with Crippen LogP contribution in [0.2, 0.25) is 0 Å². The molecule has 5 amide bonds. The first-order chi connectivity index (χ1) is 22.1. The predicted octanol–water partition coefficient (Wildman–Crippen LogP) is 0.516. The molecule has 1 aromatic heterocycles. The summed E-state index contributed by atoms with van der Waals surface area (Å²) in [5.74, 6) is -1.54. The van der Waals surface area contributed by atoms with E-state index in [-0.39, 0.29) is 37.5 Å². The second kappa shape index (κ2) is 14.2. The van der Waals surface area contributed by atoms with Crippen LogP contribution in [0.3, 0.4) is 0 Å². The van der Waals surface area contributed by atoms with Gasteiger partial charge in [0.15, 0.2) is 0 Å². The molecule has 46 heavy (non-hydrogen) atoms. The first-order valence-electron chi connectivity index (χ1n) is 15.2. The predicted molar refractivity (Wildman–Crippen MR) is 166 cm³/mol. The molecule has 13 nitrogen and oxygen atoms in total. The summed E-state index contributed by atoms with van der Waals surface area (Å²) in [7, 11) is 0. The largest absolute Gasteiger partial charge is 0.492 e. The minimum absolute atomic E-state index is 0.107. The van der Waals surface area contributed by atoms with Crippen LogP contribution in [0.5, 0.6) is 5.75 Å². The van der Waals surface area contributed by atoms with Gasteiger partial charge in [0.05, 0.1) is 12.1 Å². The van der Waals surface area contributed by atoms with Gasteiger partial charge in [-0.2, -0.15) is 0 Å². The van der Waals surface area contributed by atoms with Gasteiger partial charge in [0, 0.05) is 25.2 Å². The average Bonchev–Trinajstić information content (AvgIpc) is 3.83. The lowest BCUT2D eigenvalue weighted by atomic mass is 10.0. The van der Waals surface area contributed by atoms with Crippen LogP contribution < -0.4 is 31.3 Å². The number of amides is 5. The topological polar surface area (TPSA) is 181 Å². The number of ether oxygens (including phenoxy) is 1. The summed E-state index contributed by atoms with van der Waals surface area (Å²) in [5, 5.41) is 13.8. The summed E-state index contributed by atoms with van der Waals surface area (Å²) in [6, 6.07) is 13.0. The van der Waals surface area contributed by atoms with Crippen LogP contribution in [-0.2, 0) is 32.0 Å². The smallest absolute Gasteiger partial charge is 0.255 e. The van der Waals surface area contributed by atoms with Crippen molar-refractivity contribution in [1.82, 2.24) is 36.6 Å². The van der Waals surface area contributed by atoms with Crippen molar-refractivity contribution in [3.05, 3.63) is 89.5 Å². The Morgan fingerprint density at radius 2 is 1.63 bits per heavy atom. The number of nitrogens with zero attached hydrogens (tertiary/aromatic N) is 2. The zero-order valence-electron chi connectivity index (χ0n) is 25.7. The number of fused-ring (bicyclic) bond motifs is 15. The molecule has 1 fully saturated rings. The Balaban J connectivity index is 1.39. The van der Waals surface area contributed by atoms with E-state index in [1.54, 1.807) is 31.2 Å². The second-order valence-corrected chi connectivity index (χ2v) is 11.5. The standard InChI is InChI=1S/C33H37N7O6/c1-20-28(41)38-27(16-22-6-4-3-5-7-22)31(44)40-33(12-13-33)32(45)34-14-15-46-25-10-8-23(9-11-25)17-26(30(43)37-20)39-29(42)24-18-35-21(2)36-19-24/h3-11,18-20,26-27H,12-17H2,1-2H3,(H,34,45)(H,37,43)(H,38,41)(H,39,42)(H,40,44)/t20-,26-,27+/m0/s1. The fourth-order valence-corrected chi connectivity index (χ4v) is 5.01. The van der Waals surface area contributed by atoms with E-state index in [2.05, 4.69) is 36.6 Å². The molecule has 3 heterocycles. The molecule has 2 bridgehead atoms. The molecule has 5 N–H and O–H groups in total. The lowest BCUT2D eigenvalue weighted by molar-refractivity contribution is -0.134. The summed E-state index contributed by atoms with van der Waals surface area (Å²) in [6.45, 7) is 3.60. The highest BCUT2D eigenvalue weighted by atomic mass is 16.5. The van der Waals surface area contributed by atoms with Crippen LogP contribution in [0.15, 0.2) is 67.0 Å². The minimum atomic E-state index is -1.07. The number of hydrogen-bond acceptors (Lipinski definition) is 8. The number of benzene rings is 2. The summed E-state index contributed by atoms with van der Waals surface area (Å²) in [5.41, 5.74) is 0.638. The quantitative estimate of drug-likeness (QED) is 0.260. The van der Waals surface area contributed by atoms with E-state index in [1.807, 2.05) is 30.3 Å². The van der Waals surface area contributed by atoms with Gasteiger partial charge >= 0.3 is 0 Å². The molecule has 6 rings (SSSR count). The molecule has 2 aliphatic heterocycles. The zero-order chi connectivity index (χ0) is 32.7. The highest BCUT2D eigenvalue weighted by molar-refractivity contribution is 5.99. The number of aromatic nitrogens is 2. The van der Waals surface area contributed by atoms with Crippen LogP contribution in [0.25, 0.3) is 0 Å². The Bertz CT molecular complexity index is 1580. The number of carbonyl (C=O) groups is 5. The first kappa shape index (κ1) is 32.1. The maximum atomic E-state index is 13.6. The van der Waals surface area contributed by atoms with E-state index in [1.165, 1.54) is 19.3 Å². The third kappa shape index (κ3) is 8.23. The Hall–Kier alpha value is -5.33. The van der Waals surface area contributed by atoms with Gasteiger partial charge in [-0.05, 0) is 49.9 Å². The molecule has 3 aromatic rings. The first-order valence-corrected chi connectivity index (χ1v) is 15.2. The van der Waals surface area contributed by atoms with Gasteiger partial charge in [0.2, 0.25) is 23.6 Å². The van der Waals surface area contributed by atoms with Crippen molar-refractivity contribution in [2.24, 2.45) is 0 Å². The summed E-state index contributed by atoms with van der Waals surface area (Å²) >= 11 is 0. The Morgan fingerprint density at radius 3 is 2.30 bits per heavy atom. The van der Waals surface area contributed by atoms with Crippen molar-refractivity contribution in [3.63, 3.8) is 0 Å². The molecule has 2 aromatic carbocycles. The molecule has 0 unspecified atom stereocenters. The van der Waals surface area contributed by atoms with Gasteiger partial charge in [-0.25, -0.2) is 9.97 Å². The number of aryl methyl sites for hydroxylation is 1. The molecule has 3 aliphatic rings. The Labute approximate surface area is 266 Å². The van der Waals surface area contributed by atoms with E-state index in [0.29, 0.717) is 24.4 Å². The van der Waals surface area contributed by atoms with Crippen molar-refractivity contribution in [2.45, 2.75) is 63.2 Å². The molecule has 240 valence electrons. The normalized spacial score (nSPS) is 22.0. The van der Waals surface area contributed by atoms with Crippen molar-refractivity contribution in [2.75, 3.05) is 13.2 Å². The molecule has 13 heteroatoms. The lowest BCUT2D eigenvalue weighted by Gasteiger charge is -2.25. The molecule has 1 saturated carbocycles. The van der Waals surface area contributed by atoms with Crippen molar-refractivity contribution < 1.29 is 28.7 Å². The van der Waals surface area contributed by atoms with Crippen LogP contribution in [0, 0.1) is 6.92 Å². The van der Waals surface area contributed by atoms with Crippen LogP contribution in [-0.4, -0.2) is 76.3 Å². The average molecular weight is 628 g/mol. The molecular formula is C33H37N7O6. The van der Waals surface area contributed by atoms with Crippen LogP contribution >= 0.6 is 0 Å². The maximum absolute atomic E-state index is 13.6. The summed E-state index contributed by atoms with van der Waals surface area (Å²) in [6.07, 6.45) is 3.94. The molecule has 0 saturated heterocycles. The maximum Gasteiger partial charge on any atom is 0.255 e. The second-order valence-electron chi connectivity index (χ2n) is 11.5. The van der Waals surface area contributed by atoms with Gasteiger partial charge in [0.1, 0.15) is 41.8 Å². The highest BCUT2D eigenvalue weighted by Gasteiger charge is 2.51. The zero-order valence-corrected chi connectivity index (χ0v) is 25.7. The molecule has 3 atom stereocenters. The molecular weight excluding hydrogens is 590 g/mol. The van der Waals surface area contributed by atoms with Crippen molar-refractivity contribution in [3.8, 4) is 5.75 Å². The van der Waals surface area contributed by atoms with Gasteiger partial charge in [0.25, 0.3) is 5.91 Å². The number of rotatable bonds is 4. The highest BCUT2D eigenvalue weighted by Crippen LogP contribution is 2.35. The number of carbonyl (C=O) groups excluding carboxylic acids is 5. The summed E-state index contributed by atoms with van der Waals surface area (Å²) < 4.78 is 5.78. The van der Waals surface area contributed by atoms with E-state index < -0.39 is 47.3 Å². The Kier molecular flexibility index (Phi) is 9.89.